The van der Waals surface area contributed by atoms with Crippen molar-refractivity contribution in [3.05, 3.63) is 11.1 Å². The molecule has 1 aliphatic carbocycles. The molecule has 0 radical (unpaired) electrons. The number of thioether (sulfide) groups is 2. The minimum absolute atomic E-state index is 0.556. The second kappa shape index (κ2) is 7.09. The van der Waals surface area contributed by atoms with E-state index in [0.29, 0.717) is 18.1 Å². The average Bonchev–Trinajstić information content (AvgIpc) is 3.26. The van der Waals surface area contributed by atoms with Crippen molar-refractivity contribution in [1.29, 1.82) is 0 Å². The van der Waals surface area contributed by atoms with Crippen LogP contribution in [-0.4, -0.2) is 45.7 Å². The molecule has 0 bridgehead atoms. The zero-order valence-corrected chi connectivity index (χ0v) is 15.5. The van der Waals surface area contributed by atoms with Gasteiger partial charge in [0.05, 0.1) is 18.6 Å². The van der Waals surface area contributed by atoms with E-state index in [4.69, 9.17) is 4.99 Å². The third-order valence-electron chi connectivity index (χ3n) is 5.16. The van der Waals surface area contributed by atoms with Crippen LogP contribution in [0.5, 0.6) is 0 Å². The highest BCUT2D eigenvalue weighted by molar-refractivity contribution is 8.17. The lowest BCUT2D eigenvalue weighted by atomic mass is 9.91. The Bertz CT molecular complexity index is 543. The van der Waals surface area contributed by atoms with E-state index in [-0.39, 0.29) is 0 Å². The van der Waals surface area contributed by atoms with Gasteiger partial charge in [-0.1, -0.05) is 56.1 Å². The fraction of sp³-hybridized carbons (Fsp3) is 0.765. The van der Waals surface area contributed by atoms with Gasteiger partial charge in [-0.15, -0.1) is 0 Å². The number of hydrogen-bond donors (Lipinski definition) is 1. The molecule has 0 aromatic carbocycles. The van der Waals surface area contributed by atoms with Gasteiger partial charge in [-0.3, -0.25) is 9.98 Å². The van der Waals surface area contributed by atoms with Crippen molar-refractivity contribution in [1.82, 2.24) is 10.2 Å². The first-order chi connectivity index (χ1) is 11.3. The molecule has 0 aromatic rings. The van der Waals surface area contributed by atoms with Gasteiger partial charge in [-0.25, -0.2) is 0 Å². The van der Waals surface area contributed by atoms with Crippen molar-refractivity contribution in [3.8, 4) is 0 Å². The lowest BCUT2D eigenvalue weighted by Gasteiger charge is -2.31. The fourth-order valence-corrected chi connectivity index (χ4v) is 5.93. The van der Waals surface area contributed by atoms with Gasteiger partial charge in [-0.2, -0.15) is 0 Å². The van der Waals surface area contributed by atoms with Gasteiger partial charge < -0.3 is 10.2 Å². The van der Waals surface area contributed by atoms with E-state index in [9.17, 15) is 0 Å². The smallest absolute Gasteiger partial charge is 0.168 e. The zero-order chi connectivity index (χ0) is 15.6. The van der Waals surface area contributed by atoms with Gasteiger partial charge in [0, 0.05) is 17.5 Å². The predicted molar refractivity (Wildman–Crippen MR) is 102 cm³/mol. The molecular weight excluding hydrogens is 324 g/mol. The molecule has 23 heavy (non-hydrogen) atoms. The van der Waals surface area contributed by atoms with Crippen LogP contribution in [0, 0.1) is 0 Å². The summed E-state index contributed by atoms with van der Waals surface area (Å²) >= 11 is 3.69. The maximum absolute atomic E-state index is 4.95. The van der Waals surface area contributed by atoms with Crippen molar-refractivity contribution >= 4 is 33.9 Å². The zero-order valence-electron chi connectivity index (χ0n) is 13.8. The van der Waals surface area contributed by atoms with Gasteiger partial charge in [0.1, 0.15) is 0 Å². The molecule has 0 spiro atoms. The molecule has 3 heterocycles. The van der Waals surface area contributed by atoms with Crippen molar-refractivity contribution in [2.75, 3.05) is 12.3 Å². The standard InChI is InChI=1S/C17H26N4S2/c1-2-3-6-12-9-18-16(19-12)22-10-13-11-23-17-20-14-7-4-5-8-15(14)21(13)17/h11-12,14-15H,2-10H2,1H3,(H,18,19)/t12?,14-,15-/m1/s1. The molecule has 1 fully saturated rings. The summed E-state index contributed by atoms with van der Waals surface area (Å²) in [4.78, 5) is 12.2. The minimum Gasteiger partial charge on any atom is -0.360 e. The van der Waals surface area contributed by atoms with E-state index in [1.54, 1.807) is 0 Å². The lowest BCUT2D eigenvalue weighted by Crippen LogP contribution is -2.39. The Balaban J connectivity index is 1.30. The lowest BCUT2D eigenvalue weighted by molar-refractivity contribution is 0.285. The van der Waals surface area contributed by atoms with E-state index in [2.05, 4.69) is 27.5 Å². The van der Waals surface area contributed by atoms with E-state index < -0.39 is 0 Å². The van der Waals surface area contributed by atoms with Gasteiger partial charge in [0.2, 0.25) is 0 Å². The molecule has 0 aromatic heterocycles. The van der Waals surface area contributed by atoms with Crippen LogP contribution >= 0.6 is 23.5 Å². The average molecular weight is 351 g/mol. The number of fused-ring (bicyclic) bond motifs is 3. The van der Waals surface area contributed by atoms with Gasteiger partial charge in [0.15, 0.2) is 10.3 Å². The van der Waals surface area contributed by atoms with E-state index in [1.807, 2.05) is 23.5 Å². The molecule has 126 valence electrons. The van der Waals surface area contributed by atoms with Crippen LogP contribution in [0.2, 0.25) is 0 Å². The number of nitrogens with one attached hydrogen (secondary N) is 1. The number of hydrogen-bond acceptors (Lipinski definition) is 6. The van der Waals surface area contributed by atoms with Crippen LogP contribution in [-0.2, 0) is 0 Å². The summed E-state index contributed by atoms with van der Waals surface area (Å²) in [7, 11) is 0. The Morgan fingerprint density at radius 1 is 1.39 bits per heavy atom. The van der Waals surface area contributed by atoms with Crippen LogP contribution < -0.4 is 5.32 Å². The molecule has 1 saturated carbocycles. The Hall–Kier alpha value is -0.620. The minimum atomic E-state index is 0.556. The Labute approximate surface area is 147 Å². The third-order valence-corrected chi connectivity index (χ3v) is 7.03. The number of rotatable bonds is 5. The second-order valence-corrected chi connectivity index (χ2v) is 8.65. The number of amidine groups is 2. The largest absolute Gasteiger partial charge is 0.360 e. The predicted octanol–water partition coefficient (Wildman–Crippen LogP) is 3.81. The Kier molecular flexibility index (Phi) is 4.90. The van der Waals surface area contributed by atoms with Crippen LogP contribution in [0.15, 0.2) is 21.1 Å². The van der Waals surface area contributed by atoms with Crippen molar-refractivity contribution < 1.29 is 0 Å². The molecule has 1 N–H and O–H groups in total. The highest BCUT2D eigenvalue weighted by atomic mass is 32.2. The van der Waals surface area contributed by atoms with Crippen molar-refractivity contribution in [3.63, 3.8) is 0 Å². The summed E-state index contributed by atoms with van der Waals surface area (Å²) in [6.45, 7) is 3.21. The normalized spacial score (nSPS) is 32.1. The Morgan fingerprint density at radius 2 is 2.30 bits per heavy atom. The molecule has 3 aliphatic heterocycles. The fourth-order valence-electron chi connectivity index (χ4n) is 3.90. The SMILES string of the molecule is CCCCC1CN=C(SCC2=CSC3=N[C@@H]4CCCC[C@H]4N23)N1. The summed E-state index contributed by atoms with van der Waals surface area (Å²) in [6, 6.07) is 1.76. The van der Waals surface area contributed by atoms with Crippen molar-refractivity contribution in [2.45, 2.75) is 70.0 Å². The van der Waals surface area contributed by atoms with Crippen LogP contribution in [0.4, 0.5) is 0 Å². The molecular formula is C17H26N4S2. The molecule has 6 heteroatoms. The van der Waals surface area contributed by atoms with Crippen LogP contribution in [0.3, 0.4) is 0 Å². The van der Waals surface area contributed by atoms with Gasteiger partial charge >= 0.3 is 0 Å². The van der Waals surface area contributed by atoms with Gasteiger partial charge in [0.25, 0.3) is 0 Å². The maximum Gasteiger partial charge on any atom is 0.168 e. The highest BCUT2D eigenvalue weighted by Gasteiger charge is 2.41. The van der Waals surface area contributed by atoms with E-state index in [1.165, 1.54) is 55.8 Å². The van der Waals surface area contributed by atoms with Crippen molar-refractivity contribution in [2.24, 2.45) is 9.98 Å². The van der Waals surface area contributed by atoms with E-state index >= 15 is 0 Å². The molecule has 0 saturated heterocycles. The number of nitrogens with zero attached hydrogens (tertiary/aromatic N) is 3. The highest BCUT2D eigenvalue weighted by Crippen LogP contribution is 2.41. The molecule has 4 aliphatic rings. The third kappa shape index (κ3) is 3.29. The van der Waals surface area contributed by atoms with Gasteiger partial charge in [-0.05, 0) is 24.7 Å². The summed E-state index contributed by atoms with van der Waals surface area (Å²) in [6.07, 6.45) is 9.10. The first-order valence-electron chi connectivity index (χ1n) is 9.01. The number of aliphatic imine (C=N–C) groups is 2. The van der Waals surface area contributed by atoms with Crippen LogP contribution in [0.1, 0.15) is 51.9 Å². The summed E-state index contributed by atoms with van der Waals surface area (Å²) in [5.74, 6) is 1.02. The molecule has 4 rings (SSSR count). The first-order valence-corrected chi connectivity index (χ1v) is 10.9. The summed E-state index contributed by atoms with van der Waals surface area (Å²) < 4.78 is 0. The summed E-state index contributed by atoms with van der Waals surface area (Å²) in [5, 5.41) is 8.29. The van der Waals surface area contributed by atoms with Crippen LogP contribution in [0.25, 0.3) is 0 Å². The first kappa shape index (κ1) is 15.9. The second-order valence-electron chi connectivity index (χ2n) is 6.85. The molecule has 3 atom stereocenters. The molecule has 1 unspecified atom stereocenters. The topological polar surface area (TPSA) is 40.0 Å². The quantitative estimate of drug-likeness (QED) is 0.818. The Morgan fingerprint density at radius 3 is 3.22 bits per heavy atom. The molecule has 4 nitrogen and oxygen atoms in total. The monoisotopic (exact) mass is 350 g/mol. The number of unbranched alkanes of at least 4 members (excludes halogenated alkanes) is 1. The molecule has 0 amide bonds. The summed E-state index contributed by atoms with van der Waals surface area (Å²) in [5.41, 5.74) is 1.44. The van der Waals surface area contributed by atoms with E-state index in [0.717, 1.165) is 17.5 Å². The maximum atomic E-state index is 4.95.